The van der Waals surface area contributed by atoms with E-state index in [2.05, 4.69) is 103 Å². The van der Waals surface area contributed by atoms with Crippen LogP contribution in [0.5, 0.6) is 0 Å². The summed E-state index contributed by atoms with van der Waals surface area (Å²) in [6, 6.07) is 21.2. The number of hydrogen-bond acceptors (Lipinski definition) is 2. The maximum Gasteiger partial charge on any atom is 0.0639 e. The highest BCUT2D eigenvalue weighted by Crippen LogP contribution is 2.22. The van der Waals surface area contributed by atoms with E-state index in [1.54, 1.807) is 0 Å². The van der Waals surface area contributed by atoms with Crippen molar-refractivity contribution in [1.82, 2.24) is 4.57 Å². The van der Waals surface area contributed by atoms with Gasteiger partial charge in [-0.15, -0.1) is 0 Å². The van der Waals surface area contributed by atoms with Crippen molar-refractivity contribution >= 4 is 17.6 Å². The van der Waals surface area contributed by atoms with Gasteiger partial charge in [0.05, 0.1) is 17.6 Å². The Balaban J connectivity index is 1.79. The Morgan fingerprint density at radius 1 is 1.00 bits per heavy atom. The summed E-state index contributed by atoms with van der Waals surface area (Å²) >= 11 is 0. The van der Waals surface area contributed by atoms with Crippen LogP contribution in [0.15, 0.2) is 71.9 Å². The molecule has 3 aromatic rings. The highest BCUT2D eigenvalue weighted by atomic mass is 15.1. The third-order valence-corrected chi connectivity index (χ3v) is 4.84. The number of anilines is 1. The molecule has 0 bridgehead atoms. The number of aromatic nitrogens is 1. The van der Waals surface area contributed by atoms with Gasteiger partial charge in [-0.05, 0) is 66.4 Å². The first-order chi connectivity index (χ1) is 12.6. The average Bonchev–Trinajstić information content (AvgIpc) is 3.15. The van der Waals surface area contributed by atoms with Gasteiger partial charge in [0.2, 0.25) is 0 Å². The van der Waals surface area contributed by atoms with Crippen molar-refractivity contribution < 1.29 is 0 Å². The molecule has 0 spiro atoms. The fraction of sp³-hybridized carbons (Fsp3) is 0.261. The molecule has 26 heavy (non-hydrogen) atoms. The second-order valence-corrected chi connectivity index (χ2v) is 6.87. The lowest BCUT2D eigenvalue weighted by molar-refractivity contribution is 0.734. The van der Waals surface area contributed by atoms with Gasteiger partial charge in [-0.2, -0.15) is 0 Å². The Bertz CT molecular complexity index is 855. The molecule has 0 amide bonds. The molecule has 0 fully saturated rings. The van der Waals surface area contributed by atoms with E-state index in [1.807, 2.05) is 12.3 Å². The molecule has 3 heteroatoms. The molecule has 3 rings (SSSR count). The Morgan fingerprint density at radius 3 is 2.31 bits per heavy atom. The van der Waals surface area contributed by atoms with Crippen LogP contribution in [0.1, 0.15) is 37.4 Å². The van der Waals surface area contributed by atoms with E-state index in [0.29, 0.717) is 5.92 Å². The lowest BCUT2D eigenvalue weighted by Crippen LogP contribution is -2.08. The van der Waals surface area contributed by atoms with Gasteiger partial charge in [-0.3, -0.25) is 4.99 Å². The fourth-order valence-corrected chi connectivity index (χ4v) is 2.91. The highest BCUT2D eigenvalue weighted by molar-refractivity contribution is 5.81. The Labute approximate surface area is 156 Å². The van der Waals surface area contributed by atoms with Crippen LogP contribution in [-0.2, 0) is 0 Å². The van der Waals surface area contributed by atoms with Gasteiger partial charge in [-0.1, -0.05) is 26.0 Å². The zero-order valence-corrected chi connectivity index (χ0v) is 16.1. The first kappa shape index (κ1) is 18.0. The van der Waals surface area contributed by atoms with E-state index in [0.717, 1.165) is 23.5 Å². The number of aliphatic imine (C=N–C) groups is 1. The highest BCUT2D eigenvalue weighted by Gasteiger charge is 2.04. The normalized spacial score (nSPS) is 12.5. The van der Waals surface area contributed by atoms with Crippen molar-refractivity contribution in [2.75, 3.05) is 19.0 Å². The Hall–Kier alpha value is -2.81. The topological polar surface area (TPSA) is 20.5 Å². The molecule has 134 valence electrons. The van der Waals surface area contributed by atoms with E-state index >= 15 is 0 Å². The van der Waals surface area contributed by atoms with Gasteiger partial charge in [0, 0.05) is 31.7 Å². The molecule has 1 aromatic heterocycles. The predicted octanol–water partition coefficient (Wildman–Crippen LogP) is 5.81. The summed E-state index contributed by atoms with van der Waals surface area (Å²) in [6.07, 6.45) is 5.15. The molecule has 1 heterocycles. The zero-order chi connectivity index (χ0) is 18.5. The van der Waals surface area contributed by atoms with Crippen LogP contribution in [0.2, 0.25) is 0 Å². The van der Waals surface area contributed by atoms with Crippen molar-refractivity contribution in [2.45, 2.75) is 26.2 Å². The third kappa shape index (κ3) is 4.05. The summed E-state index contributed by atoms with van der Waals surface area (Å²) in [7, 11) is 4.10. The number of hydrogen-bond donors (Lipinski definition) is 0. The van der Waals surface area contributed by atoms with Gasteiger partial charge < -0.3 is 9.47 Å². The van der Waals surface area contributed by atoms with Crippen molar-refractivity contribution in [1.29, 1.82) is 0 Å². The van der Waals surface area contributed by atoms with E-state index in [1.165, 1.54) is 11.3 Å². The van der Waals surface area contributed by atoms with Gasteiger partial charge in [0.15, 0.2) is 0 Å². The van der Waals surface area contributed by atoms with Crippen LogP contribution in [0, 0.1) is 0 Å². The number of rotatable bonds is 6. The van der Waals surface area contributed by atoms with E-state index in [9.17, 15) is 0 Å². The molecule has 0 N–H and O–H groups in total. The molecule has 0 aliphatic carbocycles. The minimum atomic E-state index is 0.593. The van der Waals surface area contributed by atoms with Crippen LogP contribution in [0.4, 0.5) is 11.4 Å². The fourth-order valence-electron chi connectivity index (χ4n) is 2.91. The van der Waals surface area contributed by atoms with Crippen LogP contribution in [0.3, 0.4) is 0 Å². The van der Waals surface area contributed by atoms with Crippen LogP contribution in [-0.4, -0.2) is 24.9 Å². The van der Waals surface area contributed by atoms with E-state index in [4.69, 9.17) is 0 Å². The second-order valence-electron chi connectivity index (χ2n) is 6.87. The van der Waals surface area contributed by atoms with Crippen LogP contribution >= 0.6 is 0 Å². The average molecular weight is 345 g/mol. The molecule has 0 unspecified atom stereocenters. The van der Waals surface area contributed by atoms with Crippen molar-refractivity contribution in [3.8, 4) is 5.69 Å². The molecular formula is C23H27N3. The summed E-state index contributed by atoms with van der Waals surface area (Å²) in [6.45, 7) is 4.47. The lowest BCUT2D eigenvalue weighted by Gasteiger charge is -2.13. The maximum atomic E-state index is 4.65. The molecule has 0 saturated heterocycles. The number of nitrogens with zero attached hydrogens (tertiary/aromatic N) is 3. The van der Waals surface area contributed by atoms with Crippen molar-refractivity contribution in [3.05, 3.63) is 78.1 Å². The minimum absolute atomic E-state index is 0.593. The summed E-state index contributed by atoms with van der Waals surface area (Å²) < 4.78 is 2.15. The first-order valence-corrected chi connectivity index (χ1v) is 9.17. The Kier molecular flexibility index (Phi) is 5.57. The maximum absolute atomic E-state index is 4.65. The standard InChI is InChI=1S/C23H27N3/c1-5-18(2)19-8-10-20(11-9-19)24-17-23-7-6-16-26(23)22-14-12-21(13-15-22)25(3)4/h6-18H,5H2,1-4H3/t18-/m1/s1. The quantitative estimate of drug-likeness (QED) is 0.517. The third-order valence-electron chi connectivity index (χ3n) is 4.84. The summed E-state index contributed by atoms with van der Waals surface area (Å²) in [4.78, 5) is 6.75. The Morgan fingerprint density at radius 2 is 1.69 bits per heavy atom. The molecule has 0 aliphatic heterocycles. The summed E-state index contributed by atoms with van der Waals surface area (Å²) in [5.74, 6) is 0.593. The molecule has 0 saturated carbocycles. The van der Waals surface area contributed by atoms with E-state index < -0.39 is 0 Å². The van der Waals surface area contributed by atoms with Gasteiger partial charge >= 0.3 is 0 Å². The lowest BCUT2D eigenvalue weighted by atomic mass is 9.99. The molecule has 0 radical (unpaired) electrons. The molecule has 0 aliphatic rings. The molecule has 1 atom stereocenters. The van der Waals surface area contributed by atoms with Gasteiger partial charge in [0.1, 0.15) is 0 Å². The van der Waals surface area contributed by atoms with Crippen molar-refractivity contribution in [3.63, 3.8) is 0 Å². The second kappa shape index (κ2) is 8.05. The van der Waals surface area contributed by atoms with Gasteiger partial charge in [0.25, 0.3) is 0 Å². The molecular weight excluding hydrogens is 318 g/mol. The van der Waals surface area contributed by atoms with Crippen LogP contribution < -0.4 is 4.90 Å². The predicted molar refractivity (Wildman–Crippen MR) is 112 cm³/mol. The largest absolute Gasteiger partial charge is 0.378 e. The minimum Gasteiger partial charge on any atom is -0.378 e. The molecule has 3 nitrogen and oxygen atoms in total. The summed E-state index contributed by atoms with van der Waals surface area (Å²) in [5.41, 5.74) is 5.74. The van der Waals surface area contributed by atoms with Crippen LogP contribution in [0.25, 0.3) is 5.69 Å². The molecule has 2 aromatic carbocycles. The smallest absolute Gasteiger partial charge is 0.0639 e. The van der Waals surface area contributed by atoms with Gasteiger partial charge in [-0.25, -0.2) is 0 Å². The SMILES string of the molecule is CC[C@@H](C)c1ccc(N=Cc2cccn2-c2ccc(N(C)C)cc2)cc1. The van der Waals surface area contributed by atoms with E-state index in [-0.39, 0.29) is 0 Å². The monoisotopic (exact) mass is 345 g/mol. The first-order valence-electron chi connectivity index (χ1n) is 9.17. The summed E-state index contributed by atoms with van der Waals surface area (Å²) in [5, 5.41) is 0. The van der Waals surface area contributed by atoms with Crippen molar-refractivity contribution in [2.24, 2.45) is 4.99 Å². The number of benzene rings is 2. The zero-order valence-electron chi connectivity index (χ0n) is 16.1.